The van der Waals surface area contributed by atoms with Gasteiger partial charge in [-0.15, -0.1) is 12.4 Å². The Labute approximate surface area is 144 Å². The average Bonchev–Trinajstić information content (AvgIpc) is 2.40. The summed E-state index contributed by atoms with van der Waals surface area (Å²) in [5.41, 5.74) is 6.56. The first-order valence-electron chi connectivity index (χ1n) is 6.58. The van der Waals surface area contributed by atoms with E-state index in [4.69, 9.17) is 10.9 Å². The minimum Gasteiger partial charge on any atom is -0.339 e. The van der Waals surface area contributed by atoms with Gasteiger partial charge in [0.2, 0.25) is 10.0 Å². The Morgan fingerprint density at radius 1 is 1.32 bits per heavy atom. The Balaban J connectivity index is 0.00000242. The van der Waals surface area contributed by atoms with Gasteiger partial charge < -0.3 is 10.6 Å². The number of nitrogens with zero attached hydrogens (tertiary/aromatic N) is 1. The Kier molecular flexibility index (Phi) is 6.40. The van der Waals surface area contributed by atoms with Gasteiger partial charge in [-0.1, -0.05) is 15.9 Å². The van der Waals surface area contributed by atoms with Gasteiger partial charge >= 0.3 is 0 Å². The van der Waals surface area contributed by atoms with Crippen LogP contribution in [0.15, 0.2) is 21.5 Å². The highest BCUT2D eigenvalue weighted by atomic mass is 79.9. The lowest BCUT2D eigenvalue weighted by molar-refractivity contribution is 0.0713. The van der Waals surface area contributed by atoms with E-state index in [1.807, 2.05) is 0 Å². The number of sulfonamides is 1. The predicted octanol–water partition coefficient (Wildman–Crippen LogP) is 1.39. The maximum absolute atomic E-state index is 12.6. The third-order valence-corrected chi connectivity index (χ3v) is 5.18. The van der Waals surface area contributed by atoms with Gasteiger partial charge in [0.25, 0.3) is 5.91 Å². The molecule has 0 atom stereocenters. The summed E-state index contributed by atoms with van der Waals surface area (Å²) >= 11 is 3.23. The predicted molar refractivity (Wildman–Crippen MR) is 90.6 cm³/mol. The first-order chi connectivity index (χ1) is 9.70. The molecule has 1 heterocycles. The van der Waals surface area contributed by atoms with Crippen LogP contribution in [-0.2, 0) is 10.0 Å². The highest BCUT2D eigenvalue weighted by Crippen LogP contribution is 2.25. The Bertz CT molecular complexity index is 673. The Hall–Kier alpha value is -0.670. The van der Waals surface area contributed by atoms with Crippen LogP contribution in [0.25, 0.3) is 0 Å². The van der Waals surface area contributed by atoms with Crippen LogP contribution < -0.4 is 10.9 Å². The molecule has 6 nitrogen and oxygen atoms in total. The zero-order valence-corrected chi connectivity index (χ0v) is 15.3. The van der Waals surface area contributed by atoms with Crippen molar-refractivity contribution in [3.05, 3.63) is 27.7 Å². The second-order valence-electron chi connectivity index (χ2n) is 5.25. The number of primary sulfonamides is 1. The van der Waals surface area contributed by atoms with E-state index in [9.17, 15) is 13.2 Å². The van der Waals surface area contributed by atoms with E-state index in [0.717, 1.165) is 12.8 Å². The van der Waals surface area contributed by atoms with Crippen LogP contribution in [0.1, 0.15) is 28.8 Å². The molecular formula is C13H19BrClN3O3S. The van der Waals surface area contributed by atoms with E-state index >= 15 is 0 Å². The SMILES string of the molecule is Cc1c(C(=O)N2CCC(N)CC2)cc(Br)cc1S(N)(=O)=O.Cl. The van der Waals surface area contributed by atoms with Crippen molar-refractivity contribution in [1.29, 1.82) is 0 Å². The van der Waals surface area contributed by atoms with Crippen molar-refractivity contribution in [2.45, 2.75) is 30.7 Å². The normalized spacial score (nSPS) is 16.3. The van der Waals surface area contributed by atoms with E-state index in [2.05, 4.69) is 15.9 Å². The molecule has 2 rings (SSSR count). The van der Waals surface area contributed by atoms with Gasteiger partial charge in [0.05, 0.1) is 4.90 Å². The fourth-order valence-electron chi connectivity index (χ4n) is 2.44. The molecule has 1 saturated heterocycles. The summed E-state index contributed by atoms with van der Waals surface area (Å²) in [5.74, 6) is -0.189. The van der Waals surface area contributed by atoms with Gasteiger partial charge in [0.15, 0.2) is 0 Å². The molecule has 0 aliphatic carbocycles. The molecular weight excluding hydrogens is 394 g/mol. The molecule has 1 aliphatic rings. The van der Waals surface area contributed by atoms with Gasteiger partial charge in [-0.25, -0.2) is 13.6 Å². The molecule has 0 radical (unpaired) electrons. The molecule has 4 N–H and O–H groups in total. The van der Waals surface area contributed by atoms with Crippen molar-refractivity contribution < 1.29 is 13.2 Å². The largest absolute Gasteiger partial charge is 0.339 e. The molecule has 9 heteroatoms. The molecule has 1 fully saturated rings. The van der Waals surface area contributed by atoms with E-state index in [1.54, 1.807) is 17.9 Å². The van der Waals surface area contributed by atoms with Crippen LogP contribution in [-0.4, -0.2) is 38.4 Å². The summed E-state index contributed by atoms with van der Waals surface area (Å²) < 4.78 is 23.7. The molecule has 124 valence electrons. The maximum Gasteiger partial charge on any atom is 0.254 e. The number of halogens is 2. The van der Waals surface area contributed by atoms with Crippen LogP contribution in [0.2, 0.25) is 0 Å². The van der Waals surface area contributed by atoms with Crippen molar-refractivity contribution in [2.75, 3.05) is 13.1 Å². The molecule has 0 aromatic heterocycles. The zero-order valence-electron chi connectivity index (χ0n) is 12.1. The minimum absolute atomic E-state index is 0. The number of rotatable bonds is 2. The summed E-state index contributed by atoms with van der Waals surface area (Å²) in [7, 11) is -3.87. The number of nitrogens with two attached hydrogens (primary N) is 2. The Morgan fingerprint density at radius 2 is 1.86 bits per heavy atom. The molecule has 0 unspecified atom stereocenters. The summed E-state index contributed by atoms with van der Waals surface area (Å²) in [4.78, 5) is 14.3. The molecule has 1 amide bonds. The number of piperidine rings is 1. The van der Waals surface area contributed by atoms with Crippen LogP contribution in [0.3, 0.4) is 0 Å². The third-order valence-electron chi connectivity index (χ3n) is 3.69. The maximum atomic E-state index is 12.6. The molecule has 1 aromatic carbocycles. The van der Waals surface area contributed by atoms with Crippen molar-refractivity contribution in [3.63, 3.8) is 0 Å². The number of hydrogen-bond acceptors (Lipinski definition) is 4. The van der Waals surface area contributed by atoms with Gasteiger partial charge in [-0.3, -0.25) is 4.79 Å². The highest BCUT2D eigenvalue weighted by Gasteiger charge is 2.25. The van der Waals surface area contributed by atoms with Gasteiger partial charge in [-0.2, -0.15) is 0 Å². The van der Waals surface area contributed by atoms with Gasteiger partial charge in [-0.05, 0) is 37.5 Å². The standard InChI is InChI=1S/C13H18BrN3O3S.ClH/c1-8-11(6-9(14)7-12(8)21(16,19)20)13(18)17-4-2-10(15)3-5-17;/h6-7,10H,2-5,15H2,1H3,(H2,16,19,20);1H. The van der Waals surface area contributed by atoms with Crippen LogP contribution in [0.5, 0.6) is 0 Å². The lowest BCUT2D eigenvalue weighted by Gasteiger charge is -2.30. The topological polar surface area (TPSA) is 106 Å². The zero-order chi connectivity index (χ0) is 15.8. The smallest absolute Gasteiger partial charge is 0.254 e. The first kappa shape index (κ1) is 19.4. The summed E-state index contributed by atoms with van der Waals surface area (Å²) in [6.45, 7) is 2.75. The van der Waals surface area contributed by atoms with Crippen LogP contribution >= 0.6 is 28.3 Å². The van der Waals surface area contributed by atoms with Gasteiger partial charge in [0, 0.05) is 29.2 Å². The van der Waals surface area contributed by atoms with Crippen molar-refractivity contribution in [3.8, 4) is 0 Å². The second kappa shape index (κ2) is 7.27. The van der Waals surface area contributed by atoms with Crippen molar-refractivity contribution >= 4 is 44.3 Å². The number of carbonyl (C=O) groups excluding carboxylic acids is 1. The van der Waals surface area contributed by atoms with E-state index in [0.29, 0.717) is 28.7 Å². The number of hydrogen-bond donors (Lipinski definition) is 2. The quantitative estimate of drug-likeness (QED) is 0.765. The number of likely N-dealkylation sites (tertiary alicyclic amines) is 1. The van der Waals surface area contributed by atoms with Crippen molar-refractivity contribution in [1.82, 2.24) is 4.90 Å². The van der Waals surface area contributed by atoms with E-state index in [1.165, 1.54) is 6.07 Å². The fourth-order valence-corrected chi connectivity index (χ4v) is 3.88. The minimum atomic E-state index is -3.87. The molecule has 0 bridgehead atoms. The molecule has 0 saturated carbocycles. The summed E-state index contributed by atoms with van der Waals surface area (Å²) in [5, 5.41) is 5.20. The molecule has 1 aromatic rings. The monoisotopic (exact) mass is 411 g/mol. The van der Waals surface area contributed by atoms with Crippen LogP contribution in [0.4, 0.5) is 0 Å². The second-order valence-corrected chi connectivity index (χ2v) is 7.70. The number of benzene rings is 1. The lowest BCUT2D eigenvalue weighted by atomic mass is 10.0. The summed E-state index contributed by atoms with van der Waals surface area (Å²) in [6.07, 6.45) is 1.50. The summed E-state index contributed by atoms with van der Waals surface area (Å²) in [6, 6.07) is 3.16. The average molecular weight is 413 g/mol. The van der Waals surface area contributed by atoms with Crippen LogP contribution in [0, 0.1) is 6.92 Å². The molecule has 0 spiro atoms. The Morgan fingerprint density at radius 3 is 2.36 bits per heavy atom. The number of amides is 1. The number of carbonyl (C=O) groups is 1. The fraction of sp³-hybridized carbons (Fsp3) is 0.462. The molecule has 1 aliphatic heterocycles. The molecule has 22 heavy (non-hydrogen) atoms. The van der Waals surface area contributed by atoms with E-state index < -0.39 is 10.0 Å². The van der Waals surface area contributed by atoms with Gasteiger partial charge in [0.1, 0.15) is 0 Å². The third kappa shape index (κ3) is 4.20. The van der Waals surface area contributed by atoms with E-state index in [-0.39, 0.29) is 29.3 Å². The first-order valence-corrected chi connectivity index (χ1v) is 8.92. The lowest BCUT2D eigenvalue weighted by Crippen LogP contribution is -2.43. The highest BCUT2D eigenvalue weighted by molar-refractivity contribution is 9.10. The van der Waals surface area contributed by atoms with Crippen molar-refractivity contribution in [2.24, 2.45) is 10.9 Å².